The van der Waals surface area contributed by atoms with E-state index < -0.39 is 5.97 Å². The van der Waals surface area contributed by atoms with Crippen molar-refractivity contribution in [3.8, 4) is 5.75 Å². The Morgan fingerprint density at radius 3 is 2.34 bits per heavy atom. The minimum Gasteiger partial charge on any atom is -0.482 e. The van der Waals surface area contributed by atoms with Gasteiger partial charge in [0.1, 0.15) is 5.75 Å². The molecule has 29 heavy (non-hydrogen) atoms. The van der Waals surface area contributed by atoms with Crippen LogP contribution in [0.5, 0.6) is 5.75 Å². The van der Waals surface area contributed by atoms with Gasteiger partial charge in [0.25, 0.3) is 5.91 Å². The average molecular weight is 420 g/mol. The van der Waals surface area contributed by atoms with Gasteiger partial charge in [-0.15, -0.1) is 0 Å². The number of ether oxygens (including phenoxy) is 2. The van der Waals surface area contributed by atoms with Crippen LogP contribution in [0.2, 0.25) is 5.02 Å². The van der Waals surface area contributed by atoms with Crippen LogP contribution in [0, 0.1) is 30.1 Å². The van der Waals surface area contributed by atoms with E-state index in [9.17, 15) is 9.59 Å². The van der Waals surface area contributed by atoms with E-state index in [1.54, 1.807) is 18.2 Å². The van der Waals surface area contributed by atoms with E-state index in [0.29, 0.717) is 10.8 Å². The molecule has 158 valence electrons. The lowest BCUT2D eigenvalue weighted by Gasteiger charge is -2.59. The van der Waals surface area contributed by atoms with Crippen molar-refractivity contribution >= 4 is 23.5 Å². The third-order valence-corrected chi connectivity index (χ3v) is 7.66. The lowest BCUT2D eigenvalue weighted by molar-refractivity contribution is -0.151. The van der Waals surface area contributed by atoms with Crippen molar-refractivity contribution in [1.82, 2.24) is 5.32 Å². The predicted octanol–water partition coefficient (Wildman–Crippen LogP) is 4.29. The molecule has 5 rings (SSSR count). The minimum atomic E-state index is -0.560. The molecule has 0 heterocycles. The first-order valence-corrected chi connectivity index (χ1v) is 11.0. The molecule has 6 heteroatoms. The molecule has 4 bridgehead atoms. The summed E-state index contributed by atoms with van der Waals surface area (Å²) in [6.45, 7) is 3.49. The number of nitrogens with one attached hydrogen (secondary N) is 1. The molecule has 1 aromatic carbocycles. The number of hydrogen-bond acceptors (Lipinski definition) is 4. The van der Waals surface area contributed by atoms with Gasteiger partial charge in [-0.05, 0) is 99.3 Å². The molecule has 4 fully saturated rings. The molecular weight excluding hydrogens is 390 g/mol. The molecular formula is C23H30ClNO4. The zero-order chi connectivity index (χ0) is 20.6. The summed E-state index contributed by atoms with van der Waals surface area (Å²) in [6, 6.07) is 5.30. The first-order valence-electron chi connectivity index (χ1n) is 10.7. The monoisotopic (exact) mass is 419 g/mol. The fourth-order valence-corrected chi connectivity index (χ4v) is 6.30. The van der Waals surface area contributed by atoms with Crippen molar-refractivity contribution in [1.29, 1.82) is 0 Å². The predicted molar refractivity (Wildman–Crippen MR) is 111 cm³/mol. The summed E-state index contributed by atoms with van der Waals surface area (Å²) in [6.07, 6.45) is 7.83. The highest BCUT2D eigenvalue weighted by Crippen LogP contribution is 2.61. The SMILES string of the molecule is Cc1cc(OCC(=O)OCC(=O)N[C@@H](C)C23CC4CC(CC(C4)C2)C3)ccc1Cl. The smallest absolute Gasteiger partial charge is 0.344 e. The second kappa shape index (κ2) is 8.17. The van der Waals surface area contributed by atoms with Gasteiger partial charge in [-0.25, -0.2) is 4.79 Å². The molecule has 4 aliphatic carbocycles. The van der Waals surface area contributed by atoms with E-state index in [2.05, 4.69) is 12.2 Å². The minimum absolute atomic E-state index is 0.121. The van der Waals surface area contributed by atoms with E-state index in [0.717, 1.165) is 23.3 Å². The fraction of sp³-hybridized carbons (Fsp3) is 0.652. The number of esters is 1. The lowest BCUT2D eigenvalue weighted by atomic mass is 9.48. The van der Waals surface area contributed by atoms with Crippen LogP contribution in [-0.4, -0.2) is 31.1 Å². The summed E-state index contributed by atoms with van der Waals surface area (Å²) in [4.78, 5) is 24.3. The van der Waals surface area contributed by atoms with Gasteiger partial charge < -0.3 is 14.8 Å². The molecule has 4 saturated carbocycles. The number of benzene rings is 1. The molecule has 1 atom stereocenters. The van der Waals surface area contributed by atoms with Crippen LogP contribution < -0.4 is 10.1 Å². The summed E-state index contributed by atoms with van der Waals surface area (Å²) in [5.41, 5.74) is 1.11. The zero-order valence-electron chi connectivity index (χ0n) is 17.2. The van der Waals surface area contributed by atoms with Crippen molar-refractivity contribution in [3.63, 3.8) is 0 Å². The van der Waals surface area contributed by atoms with Gasteiger partial charge in [-0.1, -0.05) is 11.6 Å². The van der Waals surface area contributed by atoms with E-state index in [1.165, 1.54) is 38.5 Å². The Hall–Kier alpha value is -1.75. The second-order valence-corrected chi connectivity index (χ2v) is 9.84. The van der Waals surface area contributed by atoms with Crippen LogP contribution in [0.3, 0.4) is 0 Å². The molecule has 0 radical (unpaired) electrons. The average Bonchev–Trinajstić information content (AvgIpc) is 2.66. The maximum Gasteiger partial charge on any atom is 0.344 e. The van der Waals surface area contributed by atoms with Crippen molar-refractivity contribution in [2.75, 3.05) is 13.2 Å². The number of amides is 1. The largest absolute Gasteiger partial charge is 0.482 e. The highest BCUT2D eigenvalue weighted by atomic mass is 35.5. The second-order valence-electron chi connectivity index (χ2n) is 9.43. The van der Waals surface area contributed by atoms with Gasteiger partial charge in [0.15, 0.2) is 13.2 Å². The first kappa shape index (κ1) is 20.5. The maximum absolute atomic E-state index is 12.4. The number of hydrogen-bond donors (Lipinski definition) is 1. The van der Waals surface area contributed by atoms with E-state index >= 15 is 0 Å². The Labute approximate surface area is 177 Å². The molecule has 0 saturated heterocycles. The third-order valence-electron chi connectivity index (χ3n) is 7.23. The summed E-state index contributed by atoms with van der Waals surface area (Å²) in [5.74, 6) is 2.27. The Morgan fingerprint density at radius 1 is 1.14 bits per heavy atom. The molecule has 1 amide bonds. The van der Waals surface area contributed by atoms with Crippen molar-refractivity contribution in [2.24, 2.45) is 23.2 Å². The number of aryl methyl sites for hydroxylation is 1. The molecule has 5 nitrogen and oxygen atoms in total. The van der Waals surface area contributed by atoms with Crippen LogP contribution >= 0.6 is 11.6 Å². The fourth-order valence-electron chi connectivity index (χ4n) is 6.18. The van der Waals surface area contributed by atoms with Gasteiger partial charge in [0.2, 0.25) is 0 Å². The van der Waals surface area contributed by atoms with E-state index in [-0.39, 0.29) is 30.6 Å². The van der Waals surface area contributed by atoms with E-state index in [1.807, 2.05) is 6.92 Å². The Bertz CT molecular complexity index is 758. The Morgan fingerprint density at radius 2 is 1.76 bits per heavy atom. The highest BCUT2D eigenvalue weighted by molar-refractivity contribution is 6.31. The van der Waals surface area contributed by atoms with Crippen LogP contribution in [0.15, 0.2) is 18.2 Å². The molecule has 0 unspecified atom stereocenters. The van der Waals surface area contributed by atoms with Crippen molar-refractivity contribution in [3.05, 3.63) is 28.8 Å². The Balaban J connectivity index is 1.21. The normalized spacial score (nSPS) is 30.7. The summed E-state index contributed by atoms with van der Waals surface area (Å²) >= 11 is 5.98. The van der Waals surface area contributed by atoms with Gasteiger partial charge >= 0.3 is 5.97 Å². The number of rotatable bonds is 7. The van der Waals surface area contributed by atoms with Gasteiger partial charge in [0.05, 0.1) is 0 Å². The maximum atomic E-state index is 12.4. The molecule has 1 N–H and O–H groups in total. The number of carbonyl (C=O) groups excluding carboxylic acids is 2. The van der Waals surface area contributed by atoms with Gasteiger partial charge in [-0.3, -0.25) is 4.79 Å². The standard InChI is InChI=1S/C23H30ClNO4/c1-14-5-19(3-4-20(14)24)28-13-22(27)29-12-21(26)25-15(2)23-9-16-6-17(10-23)8-18(7-16)11-23/h3-5,15-18H,6-13H2,1-2H3,(H,25,26)/t15-,16?,17?,18?,23?/m0/s1. The van der Waals surface area contributed by atoms with Crippen molar-refractivity contribution < 1.29 is 19.1 Å². The summed E-state index contributed by atoms with van der Waals surface area (Å²) in [5, 5.41) is 3.75. The number of halogens is 1. The van der Waals surface area contributed by atoms with Crippen LogP contribution in [0.1, 0.15) is 51.0 Å². The molecule has 0 spiro atoms. The van der Waals surface area contributed by atoms with Crippen LogP contribution in [-0.2, 0) is 14.3 Å². The summed E-state index contributed by atoms with van der Waals surface area (Å²) < 4.78 is 10.5. The third kappa shape index (κ3) is 4.55. The summed E-state index contributed by atoms with van der Waals surface area (Å²) in [7, 11) is 0. The molecule has 0 aliphatic heterocycles. The quantitative estimate of drug-likeness (QED) is 0.669. The van der Waals surface area contributed by atoms with Crippen LogP contribution in [0.4, 0.5) is 0 Å². The number of carbonyl (C=O) groups is 2. The Kier molecular flexibility index (Phi) is 5.78. The first-order chi connectivity index (χ1) is 13.8. The van der Waals surface area contributed by atoms with Gasteiger partial charge in [-0.2, -0.15) is 0 Å². The molecule has 1 aromatic rings. The topological polar surface area (TPSA) is 64.6 Å². The van der Waals surface area contributed by atoms with Gasteiger partial charge in [0, 0.05) is 11.1 Å². The zero-order valence-corrected chi connectivity index (χ0v) is 18.0. The lowest BCUT2D eigenvalue weighted by Crippen LogP contribution is -2.56. The van der Waals surface area contributed by atoms with Crippen LogP contribution in [0.25, 0.3) is 0 Å². The van der Waals surface area contributed by atoms with Crippen molar-refractivity contribution in [2.45, 2.75) is 58.4 Å². The van der Waals surface area contributed by atoms with E-state index in [4.69, 9.17) is 21.1 Å². The highest BCUT2D eigenvalue weighted by Gasteiger charge is 2.53. The molecule has 0 aromatic heterocycles. The molecule has 4 aliphatic rings.